The molecule has 0 aliphatic rings. The first-order chi connectivity index (χ1) is 7.04. The van der Waals surface area contributed by atoms with E-state index in [-0.39, 0.29) is 0 Å². The molecule has 1 rings (SSSR count). The molecule has 1 aromatic rings. The maximum absolute atomic E-state index is 4.59. The van der Waals surface area contributed by atoms with E-state index in [1.165, 1.54) is 11.4 Å². The molecule has 0 saturated heterocycles. The molecule has 0 saturated carbocycles. The zero-order chi connectivity index (χ0) is 11.4. The Hall–Kier alpha value is -0.410. The average Bonchev–Trinajstić information content (AvgIpc) is 2.59. The third-order valence-corrected chi connectivity index (χ3v) is 3.67. The number of thiazole rings is 1. The molecule has 86 valence electrons. The minimum Gasteiger partial charge on any atom is -0.305 e. The van der Waals surface area contributed by atoms with Gasteiger partial charge in [0.05, 0.1) is 6.04 Å². The van der Waals surface area contributed by atoms with E-state index in [4.69, 9.17) is 0 Å². The van der Waals surface area contributed by atoms with Crippen molar-refractivity contribution in [2.75, 3.05) is 0 Å². The van der Waals surface area contributed by atoms with Crippen molar-refractivity contribution in [3.8, 4) is 0 Å². The number of nitrogens with one attached hydrogen (secondary N) is 1. The molecule has 0 spiro atoms. The zero-order valence-electron chi connectivity index (χ0n) is 10.4. The quantitative estimate of drug-likeness (QED) is 0.830. The smallest absolute Gasteiger partial charge is 0.110 e. The van der Waals surface area contributed by atoms with Gasteiger partial charge in [-0.15, -0.1) is 11.3 Å². The van der Waals surface area contributed by atoms with Gasteiger partial charge in [-0.3, -0.25) is 0 Å². The van der Waals surface area contributed by atoms with E-state index < -0.39 is 0 Å². The first-order valence-corrected chi connectivity index (χ1v) is 6.60. The van der Waals surface area contributed by atoms with E-state index in [9.17, 15) is 0 Å². The molecule has 1 N–H and O–H groups in total. The lowest BCUT2D eigenvalue weighted by molar-refractivity contribution is 0.350. The highest BCUT2D eigenvalue weighted by atomic mass is 32.1. The molecule has 0 fully saturated rings. The van der Waals surface area contributed by atoms with E-state index in [0.29, 0.717) is 18.0 Å². The first kappa shape index (κ1) is 12.7. The summed E-state index contributed by atoms with van der Waals surface area (Å²) in [6.45, 7) is 11.0. The van der Waals surface area contributed by atoms with Gasteiger partial charge < -0.3 is 5.32 Å². The monoisotopic (exact) mass is 226 g/mol. The largest absolute Gasteiger partial charge is 0.305 e. The van der Waals surface area contributed by atoms with Gasteiger partial charge in [-0.05, 0) is 12.8 Å². The van der Waals surface area contributed by atoms with Crippen LogP contribution in [-0.2, 0) is 0 Å². The van der Waals surface area contributed by atoms with Gasteiger partial charge in [-0.1, -0.05) is 34.1 Å². The fourth-order valence-corrected chi connectivity index (χ4v) is 2.58. The normalized spacial score (nSPS) is 15.6. The van der Waals surface area contributed by atoms with E-state index in [2.05, 4.69) is 50.3 Å². The van der Waals surface area contributed by atoms with Crippen LogP contribution in [0.4, 0.5) is 0 Å². The van der Waals surface area contributed by atoms with Gasteiger partial charge >= 0.3 is 0 Å². The van der Waals surface area contributed by atoms with Crippen LogP contribution in [0.15, 0.2) is 5.38 Å². The van der Waals surface area contributed by atoms with Crippen LogP contribution in [0, 0.1) is 12.8 Å². The molecule has 0 aromatic carbocycles. The highest BCUT2D eigenvalue weighted by Crippen LogP contribution is 2.27. The summed E-state index contributed by atoms with van der Waals surface area (Å²) in [5.41, 5.74) is 1.13. The standard InChI is InChI=1S/C12H22N2S/c1-6-9(4)11(13-8(2)3)12-14-10(5)7-15-12/h7-9,11,13H,6H2,1-5H3. The van der Waals surface area contributed by atoms with Crippen molar-refractivity contribution in [1.82, 2.24) is 10.3 Å². The zero-order valence-corrected chi connectivity index (χ0v) is 11.2. The summed E-state index contributed by atoms with van der Waals surface area (Å²) in [6, 6.07) is 0.918. The molecular weight excluding hydrogens is 204 g/mol. The van der Waals surface area contributed by atoms with Crippen LogP contribution < -0.4 is 5.32 Å². The van der Waals surface area contributed by atoms with Crippen molar-refractivity contribution in [2.24, 2.45) is 5.92 Å². The predicted octanol–water partition coefficient (Wildman–Crippen LogP) is 3.54. The molecule has 1 aromatic heterocycles. The lowest BCUT2D eigenvalue weighted by atomic mass is 9.99. The molecule has 2 unspecified atom stereocenters. The van der Waals surface area contributed by atoms with Crippen LogP contribution in [0.3, 0.4) is 0 Å². The third kappa shape index (κ3) is 3.58. The Kier molecular flexibility index (Phi) is 4.74. The Labute approximate surface area is 97.1 Å². The van der Waals surface area contributed by atoms with Crippen LogP contribution in [0.25, 0.3) is 0 Å². The average molecular weight is 226 g/mol. The van der Waals surface area contributed by atoms with Crippen LogP contribution in [0.2, 0.25) is 0 Å². The lowest BCUT2D eigenvalue weighted by Gasteiger charge is -2.24. The molecule has 0 amide bonds. The molecule has 0 radical (unpaired) electrons. The van der Waals surface area contributed by atoms with Gasteiger partial charge in [0.1, 0.15) is 5.01 Å². The Morgan fingerprint density at radius 1 is 1.40 bits per heavy atom. The van der Waals surface area contributed by atoms with E-state index in [1.807, 2.05) is 0 Å². The molecule has 0 aliphatic heterocycles. The summed E-state index contributed by atoms with van der Waals surface area (Å²) >= 11 is 1.77. The minimum atomic E-state index is 0.411. The van der Waals surface area contributed by atoms with Crippen molar-refractivity contribution in [3.63, 3.8) is 0 Å². The van der Waals surface area contributed by atoms with E-state index in [1.54, 1.807) is 11.3 Å². The van der Waals surface area contributed by atoms with E-state index >= 15 is 0 Å². The number of hydrogen-bond donors (Lipinski definition) is 1. The summed E-state index contributed by atoms with van der Waals surface area (Å²) in [5, 5.41) is 6.97. The van der Waals surface area contributed by atoms with Crippen LogP contribution >= 0.6 is 11.3 Å². The predicted molar refractivity (Wildman–Crippen MR) is 67.3 cm³/mol. The first-order valence-electron chi connectivity index (χ1n) is 5.72. The summed E-state index contributed by atoms with van der Waals surface area (Å²) in [4.78, 5) is 4.59. The second kappa shape index (κ2) is 5.61. The van der Waals surface area contributed by atoms with Crippen LogP contribution in [-0.4, -0.2) is 11.0 Å². The summed E-state index contributed by atoms with van der Waals surface area (Å²) in [5.74, 6) is 0.637. The Morgan fingerprint density at radius 2 is 2.07 bits per heavy atom. The second-order valence-electron chi connectivity index (χ2n) is 4.51. The number of rotatable bonds is 5. The highest BCUT2D eigenvalue weighted by molar-refractivity contribution is 7.09. The van der Waals surface area contributed by atoms with Crippen molar-refractivity contribution in [1.29, 1.82) is 0 Å². The van der Waals surface area contributed by atoms with Crippen LogP contribution in [0.5, 0.6) is 0 Å². The number of aromatic nitrogens is 1. The van der Waals surface area contributed by atoms with Gasteiger partial charge in [0.2, 0.25) is 0 Å². The maximum atomic E-state index is 4.59. The third-order valence-electron chi connectivity index (χ3n) is 2.63. The van der Waals surface area contributed by atoms with Crippen molar-refractivity contribution < 1.29 is 0 Å². The maximum Gasteiger partial charge on any atom is 0.110 e. The summed E-state index contributed by atoms with van der Waals surface area (Å²) < 4.78 is 0. The Morgan fingerprint density at radius 3 is 2.47 bits per heavy atom. The molecule has 3 heteroatoms. The minimum absolute atomic E-state index is 0.411. The van der Waals surface area contributed by atoms with Crippen LogP contribution in [0.1, 0.15) is 50.9 Å². The summed E-state index contributed by atoms with van der Waals surface area (Å²) in [6.07, 6.45) is 1.18. The number of hydrogen-bond acceptors (Lipinski definition) is 3. The Bertz CT molecular complexity index is 294. The topological polar surface area (TPSA) is 24.9 Å². The summed E-state index contributed by atoms with van der Waals surface area (Å²) in [7, 11) is 0. The molecular formula is C12H22N2S. The Balaban J connectivity index is 2.80. The molecule has 2 atom stereocenters. The molecule has 15 heavy (non-hydrogen) atoms. The molecule has 2 nitrogen and oxygen atoms in total. The molecule has 0 bridgehead atoms. The van der Waals surface area contributed by atoms with Gasteiger partial charge in [0, 0.05) is 17.1 Å². The van der Waals surface area contributed by atoms with Crippen molar-refractivity contribution in [3.05, 3.63) is 16.1 Å². The highest BCUT2D eigenvalue weighted by Gasteiger charge is 2.21. The number of nitrogens with zero attached hydrogens (tertiary/aromatic N) is 1. The van der Waals surface area contributed by atoms with Gasteiger partial charge in [-0.2, -0.15) is 0 Å². The molecule has 0 aliphatic carbocycles. The molecule has 1 heterocycles. The van der Waals surface area contributed by atoms with Gasteiger partial charge in [-0.25, -0.2) is 4.98 Å². The lowest BCUT2D eigenvalue weighted by Crippen LogP contribution is -2.32. The number of aryl methyl sites for hydroxylation is 1. The second-order valence-corrected chi connectivity index (χ2v) is 5.40. The van der Waals surface area contributed by atoms with Gasteiger partial charge in [0.25, 0.3) is 0 Å². The van der Waals surface area contributed by atoms with Gasteiger partial charge in [0.15, 0.2) is 0 Å². The SMILES string of the molecule is CCC(C)C(NC(C)C)c1nc(C)cs1. The fourth-order valence-electron chi connectivity index (χ4n) is 1.59. The van der Waals surface area contributed by atoms with Crippen molar-refractivity contribution >= 4 is 11.3 Å². The fraction of sp³-hybridized carbons (Fsp3) is 0.750. The van der Waals surface area contributed by atoms with E-state index in [0.717, 1.165) is 5.69 Å². The van der Waals surface area contributed by atoms with Crippen molar-refractivity contribution in [2.45, 2.75) is 53.1 Å².